The minimum atomic E-state index is -3.58. The van der Waals surface area contributed by atoms with Gasteiger partial charge in [0.2, 0.25) is 0 Å². The Hall–Kier alpha value is -0.715. The summed E-state index contributed by atoms with van der Waals surface area (Å²) in [5.74, 6) is 0. The number of benzene rings is 2. The van der Waals surface area contributed by atoms with Gasteiger partial charge in [-0.25, -0.2) is 0 Å². The molecule has 0 aliphatic heterocycles. The van der Waals surface area contributed by atoms with E-state index in [1.807, 2.05) is 37.3 Å². The fourth-order valence-corrected chi connectivity index (χ4v) is 9.18. The van der Waals surface area contributed by atoms with E-state index in [2.05, 4.69) is 0 Å². The Labute approximate surface area is 120 Å². The number of hydrogen-bond acceptors (Lipinski definition) is 3. The van der Waals surface area contributed by atoms with Gasteiger partial charge in [-0.15, -0.1) is 0 Å². The summed E-state index contributed by atoms with van der Waals surface area (Å²) in [5.41, 5.74) is 1.03. The molecule has 0 spiro atoms. The van der Waals surface area contributed by atoms with E-state index in [0.29, 0.717) is 0 Å². The molecule has 0 fully saturated rings. The van der Waals surface area contributed by atoms with E-state index < -0.39 is 35.1 Å². The predicted molar refractivity (Wildman–Crippen MR) is 65.5 cm³/mol. The normalized spacial score (nSPS) is 10.9. The van der Waals surface area contributed by atoms with Crippen molar-refractivity contribution in [2.45, 2.75) is 11.8 Å². The van der Waals surface area contributed by atoms with Crippen LogP contribution >= 0.6 is 0 Å². The van der Waals surface area contributed by atoms with Gasteiger partial charge in [0.05, 0.1) is 0 Å². The van der Waals surface area contributed by atoms with Crippen LogP contribution in [0.4, 0.5) is 0 Å². The van der Waals surface area contributed by atoms with Crippen LogP contribution in [-0.2, 0) is 37.2 Å². The molecule has 0 atom stereocenters. The van der Waals surface area contributed by atoms with Crippen molar-refractivity contribution in [2.24, 2.45) is 0 Å². The number of rotatable bonds is 4. The quantitative estimate of drug-likeness (QED) is 0.672. The molecule has 0 radical (unpaired) electrons. The summed E-state index contributed by atoms with van der Waals surface area (Å²) in [7, 11) is -3.58. The zero-order valence-corrected chi connectivity index (χ0v) is 16.4. The second-order valence-electron chi connectivity index (χ2n) is 4.01. The Morgan fingerprint density at radius 3 is 2.17 bits per heavy atom. The molecule has 0 aliphatic rings. The van der Waals surface area contributed by atoms with Crippen molar-refractivity contribution in [3.8, 4) is 0 Å². The van der Waals surface area contributed by atoms with Gasteiger partial charge in [-0.3, -0.25) is 0 Å². The average Bonchev–Trinajstić information content (AvgIpc) is 2.38. The van der Waals surface area contributed by atoms with E-state index in [1.165, 1.54) is 0 Å². The standard InChI is InChI=1S/C7H8O3S.C6H5.Hg/c1-6-2-4-7(5-3-6)11(8,9)10;1-2-4-6-5-3-1;/h2-5H,1H3,(H,8,9,10);1-5H;/q;;+1/p-1. The molecule has 5 heteroatoms. The zero-order chi connectivity index (χ0) is 13.0. The Morgan fingerprint density at radius 2 is 1.56 bits per heavy atom. The van der Waals surface area contributed by atoms with Crippen LogP contribution in [0.3, 0.4) is 0 Å². The van der Waals surface area contributed by atoms with Gasteiger partial charge >= 0.3 is 121 Å². The molecule has 0 saturated carbocycles. The van der Waals surface area contributed by atoms with Crippen LogP contribution in [0.15, 0.2) is 59.5 Å². The van der Waals surface area contributed by atoms with Crippen molar-refractivity contribution in [3.05, 3.63) is 60.2 Å². The summed E-state index contributed by atoms with van der Waals surface area (Å²) in [5, 5.41) is 0. The van der Waals surface area contributed by atoms with Crippen LogP contribution in [0.2, 0.25) is 0 Å². The minimum absolute atomic E-state index is 0.240. The fraction of sp³-hybridized carbons (Fsp3) is 0.0769. The summed E-state index contributed by atoms with van der Waals surface area (Å²) >= 11 is -2.04. The summed E-state index contributed by atoms with van der Waals surface area (Å²) in [6.07, 6.45) is 0. The van der Waals surface area contributed by atoms with E-state index in [0.717, 1.165) is 8.64 Å². The molecule has 2 rings (SSSR count). The monoisotopic (exact) mass is 450 g/mol. The number of hydrogen-bond donors (Lipinski definition) is 0. The SMILES string of the molecule is Cc1ccc(S(=O)(=O)[O][Hg][c]2ccccc2)cc1. The van der Waals surface area contributed by atoms with E-state index in [9.17, 15) is 8.42 Å². The molecule has 0 N–H and O–H groups in total. The van der Waals surface area contributed by atoms with Crippen LogP contribution in [0, 0.1) is 6.92 Å². The Kier molecular flexibility index (Phi) is 4.53. The molecule has 90 valence electrons. The Balaban J connectivity index is 2.11. The van der Waals surface area contributed by atoms with Gasteiger partial charge < -0.3 is 0 Å². The molecular weight excluding hydrogens is 437 g/mol. The fourth-order valence-electron chi connectivity index (χ4n) is 1.49. The van der Waals surface area contributed by atoms with Crippen LogP contribution in [-0.4, -0.2) is 8.42 Å². The molecular formula is C13H12HgO3S. The molecule has 0 bridgehead atoms. The van der Waals surface area contributed by atoms with Gasteiger partial charge in [-0.2, -0.15) is 0 Å². The van der Waals surface area contributed by atoms with Gasteiger partial charge in [0.15, 0.2) is 0 Å². The van der Waals surface area contributed by atoms with Gasteiger partial charge in [0.1, 0.15) is 0 Å². The molecule has 0 unspecified atom stereocenters. The van der Waals surface area contributed by atoms with Crippen molar-refractivity contribution in [2.75, 3.05) is 0 Å². The Morgan fingerprint density at radius 1 is 0.944 bits per heavy atom. The van der Waals surface area contributed by atoms with Crippen molar-refractivity contribution in [1.82, 2.24) is 0 Å². The van der Waals surface area contributed by atoms with Gasteiger partial charge in [0.25, 0.3) is 0 Å². The van der Waals surface area contributed by atoms with Crippen molar-refractivity contribution >= 4 is 13.2 Å². The van der Waals surface area contributed by atoms with Crippen molar-refractivity contribution in [1.29, 1.82) is 0 Å². The summed E-state index contributed by atoms with van der Waals surface area (Å²) < 4.78 is 30.2. The van der Waals surface area contributed by atoms with E-state index in [4.69, 9.17) is 2.09 Å². The number of aryl methyl sites for hydroxylation is 1. The van der Waals surface area contributed by atoms with Gasteiger partial charge in [-0.05, 0) is 0 Å². The van der Waals surface area contributed by atoms with E-state index in [1.54, 1.807) is 24.3 Å². The Bertz CT molecular complexity index is 606. The van der Waals surface area contributed by atoms with Crippen molar-refractivity contribution in [3.63, 3.8) is 0 Å². The summed E-state index contributed by atoms with van der Waals surface area (Å²) in [4.78, 5) is 0.240. The molecule has 2 aromatic rings. The van der Waals surface area contributed by atoms with Crippen LogP contribution in [0.5, 0.6) is 0 Å². The van der Waals surface area contributed by atoms with E-state index >= 15 is 0 Å². The van der Waals surface area contributed by atoms with Crippen LogP contribution in [0.25, 0.3) is 0 Å². The molecule has 0 aromatic heterocycles. The molecule has 0 heterocycles. The first-order chi connectivity index (χ1) is 8.58. The second-order valence-corrected chi connectivity index (χ2v) is 12.7. The van der Waals surface area contributed by atoms with E-state index in [-0.39, 0.29) is 4.90 Å². The first-order valence-corrected chi connectivity index (χ1v) is 12.0. The van der Waals surface area contributed by atoms with Gasteiger partial charge in [-0.1, -0.05) is 0 Å². The summed E-state index contributed by atoms with van der Waals surface area (Å²) in [6.45, 7) is 1.92. The predicted octanol–water partition coefficient (Wildman–Crippen LogP) is 2.02. The molecule has 0 aliphatic carbocycles. The maximum atomic E-state index is 12.0. The molecule has 0 saturated heterocycles. The average molecular weight is 449 g/mol. The second kappa shape index (κ2) is 5.95. The van der Waals surface area contributed by atoms with Crippen molar-refractivity contribution < 1.29 is 35.5 Å². The molecule has 3 nitrogen and oxygen atoms in total. The first-order valence-electron chi connectivity index (χ1n) is 5.58. The third-order valence-electron chi connectivity index (χ3n) is 2.53. The third-order valence-corrected chi connectivity index (χ3v) is 11.9. The van der Waals surface area contributed by atoms with Gasteiger partial charge in [0, 0.05) is 0 Å². The molecule has 2 aromatic carbocycles. The topological polar surface area (TPSA) is 43.4 Å². The van der Waals surface area contributed by atoms with Crippen LogP contribution in [0.1, 0.15) is 5.56 Å². The van der Waals surface area contributed by atoms with Crippen LogP contribution < -0.4 is 3.07 Å². The molecule has 0 amide bonds. The third kappa shape index (κ3) is 3.64. The maximum absolute atomic E-state index is 12.0. The summed E-state index contributed by atoms with van der Waals surface area (Å²) in [6, 6.07) is 16.3. The first kappa shape index (κ1) is 13.7. The molecule has 18 heavy (non-hydrogen) atoms. The zero-order valence-electron chi connectivity index (χ0n) is 10.0.